The summed E-state index contributed by atoms with van der Waals surface area (Å²) in [4.78, 5) is 12.6. The van der Waals surface area contributed by atoms with E-state index in [0.29, 0.717) is 22.5 Å². The number of hydrogen-bond donors (Lipinski definition) is 2. The second kappa shape index (κ2) is 3.40. The van der Waals surface area contributed by atoms with Gasteiger partial charge in [0.25, 0.3) is 5.79 Å². The number of Topliss-reactive ketones (excluding diaryl/α,β-unsaturated/α-hetero) is 1. The number of benzene rings is 1. The van der Waals surface area contributed by atoms with Crippen LogP contribution in [-0.4, -0.2) is 21.8 Å². The van der Waals surface area contributed by atoms with E-state index < -0.39 is 17.2 Å². The Balaban J connectivity index is 2.04. The third-order valence-electron chi connectivity index (χ3n) is 4.36. The van der Waals surface area contributed by atoms with Crippen molar-refractivity contribution in [1.29, 1.82) is 0 Å². The summed E-state index contributed by atoms with van der Waals surface area (Å²) >= 11 is 0. The molecule has 1 fully saturated rings. The molecule has 0 saturated heterocycles. The Morgan fingerprint density at radius 2 is 1.95 bits per heavy atom. The molecule has 0 aromatic heterocycles. The molecule has 4 rings (SSSR count). The maximum absolute atomic E-state index is 12.6. The van der Waals surface area contributed by atoms with E-state index in [1.807, 2.05) is 13.0 Å². The van der Waals surface area contributed by atoms with Crippen LogP contribution in [0, 0.1) is 6.92 Å². The lowest BCUT2D eigenvalue weighted by Crippen LogP contribution is -2.51. The zero-order valence-corrected chi connectivity index (χ0v) is 11.0. The molecule has 102 valence electrons. The molecule has 2 N–H and O–H groups in total. The lowest BCUT2D eigenvalue weighted by Gasteiger charge is -2.28. The van der Waals surface area contributed by atoms with E-state index in [9.17, 15) is 15.0 Å². The standard InChI is InChI=1S/C16H14O4/c1-9-6-7-13-12(8-9)15(18)14(17)10-4-2-3-5-11(10)16(15,19)20-13/h4-8,18-19H,2-3H2,1H3. The van der Waals surface area contributed by atoms with Crippen molar-refractivity contribution in [3.8, 4) is 5.75 Å². The Kier molecular flexibility index (Phi) is 2.02. The molecule has 1 aromatic rings. The summed E-state index contributed by atoms with van der Waals surface area (Å²) in [6, 6.07) is 5.20. The number of aliphatic hydroxyl groups is 2. The van der Waals surface area contributed by atoms with E-state index in [1.165, 1.54) is 0 Å². The summed E-state index contributed by atoms with van der Waals surface area (Å²) in [5.41, 5.74) is -0.00790. The lowest BCUT2D eigenvalue weighted by molar-refractivity contribution is -0.202. The van der Waals surface area contributed by atoms with Gasteiger partial charge in [0.05, 0.1) is 0 Å². The highest BCUT2D eigenvalue weighted by molar-refractivity contribution is 6.12. The van der Waals surface area contributed by atoms with E-state index >= 15 is 0 Å². The van der Waals surface area contributed by atoms with Crippen LogP contribution in [-0.2, 0) is 10.4 Å². The zero-order valence-electron chi connectivity index (χ0n) is 11.0. The predicted octanol–water partition coefficient (Wildman–Crippen LogP) is 1.49. The minimum absolute atomic E-state index is 0.348. The average molecular weight is 270 g/mol. The topological polar surface area (TPSA) is 66.8 Å². The molecule has 1 aromatic carbocycles. The second-order valence-corrected chi connectivity index (χ2v) is 5.60. The molecular formula is C16H14O4. The van der Waals surface area contributed by atoms with Gasteiger partial charge in [0.15, 0.2) is 0 Å². The number of hydrogen-bond acceptors (Lipinski definition) is 4. The largest absolute Gasteiger partial charge is 0.454 e. The Bertz CT molecular complexity index is 715. The second-order valence-electron chi connectivity index (χ2n) is 5.60. The van der Waals surface area contributed by atoms with Crippen LogP contribution in [0.2, 0.25) is 0 Å². The number of carbonyl (C=O) groups excluding carboxylic acids is 1. The minimum atomic E-state index is -2.03. The Labute approximate surface area is 116 Å². The van der Waals surface area contributed by atoms with Crippen LogP contribution < -0.4 is 4.74 Å². The van der Waals surface area contributed by atoms with Crippen LogP contribution in [0.15, 0.2) is 41.5 Å². The monoisotopic (exact) mass is 270 g/mol. The summed E-state index contributed by atoms with van der Waals surface area (Å²) in [5, 5.41) is 21.8. The summed E-state index contributed by atoms with van der Waals surface area (Å²) in [5.74, 6) is -2.11. The van der Waals surface area contributed by atoms with Crippen LogP contribution in [0.4, 0.5) is 0 Å². The number of allylic oxidation sites excluding steroid dienone is 2. The highest BCUT2D eigenvalue weighted by Gasteiger charge is 2.72. The molecule has 1 saturated carbocycles. The maximum atomic E-state index is 12.6. The maximum Gasteiger partial charge on any atom is 0.276 e. The van der Waals surface area contributed by atoms with Crippen molar-refractivity contribution in [2.24, 2.45) is 0 Å². The van der Waals surface area contributed by atoms with Crippen LogP contribution >= 0.6 is 0 Å². The number of ketones is 1. The highest BCUT2D eigenvalue weighted by atomic mass is 16.7. The van der Waals surface area contributed by atoms with Crippen molar-refractivity contribution in [1.82, 2.24) is 0 Å². The summed E-state index contributed by atoms with van der Waals surface area (Å²) in [7, 11) is 0. The van der Waals surface area contributed by atoms with Crippen molar-refractivity contribution in [3.05, 3.63) is 52.6 Å². The van der Waals surface area contributed by atoms with Gasteiger partial charge in [-0.15, -0.1) is 0 Å². The van der Waals surface area contributed by atoms with E-state index in [4.69, 9.17) is 4.74 Å². The van der Waals surface area contributed by atoms with Gasteiger partial charge in [-0.1, -0.05) is 23.8 Å². The van der Waals surface area contributed by atoms with Gasteiger partial charge in [-0.25, -0.2) is 0 Å². The van der Waals surface area contributed by atoms with Crippen LogP contribution in [0.1, 0.15) is 24.0 Å². The Morgan fingerprint density at radius 3 is 2.75 bits per heavy atom. The first kappa shape index (κ1) is 11.9. The molecule has 2 unspecified atom stereocenters. The number of ether oxygens (including phenoxy) is 1. The van der Waals surface area contributed by atoms with Gasteiger partial charge >= 0.3 is 0 Å². The van der Waals surface area contributed by atoms with Gasteiger partial charge < -0.3 is 14.9 Å². The van der Waals surface area contributed by atoms with Crippen LogP contribution in [0.3, 0.4) is 0 Å². The third kappa shape index (κ3) is 1.09. The molecule has 0 amide bonds. The van der Waals surface area contributed by atoms with Crippen LogP contribution in [0.5, 0.6) is 5.75 Å². The Hall–Kier alpha value is -1.91. The summed E-state index contributed by atoms with van der Waals surface area (Å²) in [6.45, 7) is 1.87. The number of carbonyl (C=O) groups is 1. The highest BCUT2D eigenvalue weighted by Crippen LogP contribution is 2.58. The van der Waals surface area contributed by atoms with E-state index in [0.717, 1.165) is 18.4 Å². The van der Waals surface area contributed by atoms with Gasteiger partial charge in [-0.3, -0.25) is 4.79 Å². The van der Waals surface area contributed by atoms with Gasteiger partial charge in [0, 0.05) is 16.7 Å². The molecule has 2 aliphatic carbocycles. The third-order valence-corrected chi connectivity index (χ3v) is 4.36. The molecular weight excluding hydrogens is 256 g/mol. The van der Waals surface area contributed by atoms with E-state index in [2.05, 4.69) is 0 Å². The molecule has 3 aliphatic rings. The Morgan fingerprint density at radius 1 is 1.20 bits per heavy atom. The first-order chi connectivity index (χ1) is 9.48. The summed E-state index contributed by atoms with van der Waals surface area (Å²) in [6.07, 6.45) is 5.01. The molecule has 1 aliphatic heterocycles. The smallest absolute Gasteiger partial charge is 0.276 e. The van der Waals surface area contributed by atoms with Crippen molar-refractivity contribution in [3.63, 3.8) is 0 Å². The quantitative estimate of drug-likeness (QED) is 0.749. The predicted molar refractivity (Wildman–Crippen MR) is 71.1 cm³/mol. The molecule has 0 spiro atoms. The molecule has 0 radical (unpaired) electrons. The fraction of sp³-hybridized carbons (Fsp3) is 0.312. The molecule has 4 nitrogen and oxygen atoms in total. The molecule has 20 heavy (non-hydrogen) atoms. The van der Waals surface area contributed by atoms with Crippen LogP contribution in [0.25, 0.3) is 0 Å². The van der Waals surface area contributed by atoms with Crippen molar-refractivity contribution < 1.29 is 19.7 Å². The molecule has 1 heterocycles. The minimum Gasteiger partial charge on any atom is -0.454 e. The van der Waals surface area contributed by atoms with E-state index in [1.54, 1.807) is 24.3 Å². The fourth-order valence-electron chi connectivity index (χ4n) is 3.36. The fourth-order valence-corrected chi connectivity index (χ4v) is 3.36. The molecule has 4 heteroatoms. The van der Waals surface area contributed by atoms with Crippen molar-refractivity contribution >= 4 is 5.78 Å². The number of aryl methyl sites for hydroxylation is 1. The number of rotatable bonds is 0. The van der Waals surface area contributed by atoms with E-state index in [-0.39, 0.29) is 0 Å². The first-order valence-corrected chi connectivity index (χ1v) is 6.69. The zero-order chi connectivity index (χ0) is 14.1. The summed E-state index contributed by atoms with van der Waals surface area (Å²) < 4.78 is 5.59. The molecule has 2 atom stereocenters. The molecule has 0 bridgehead atoms. The lowest BCUT2D eigenvalue weighted by atomic mass is 9.87. The van der Waals surface area contributed by atoms with Gasteiger partial charge in [0.2, 0.25) is 11.4 Å². The van der Waals surface area contributed by atoms with Gasteiger partial charge in [0.1, 0.15) is 5.75 Å². The SMILES string of the molecule is Cc1ccc2c(c1)C1(O)C(=O)C3=CCCC=C3C1(O)O2. The first-order valence-electron chi connectivity index (χ1n) is 6.69. The normalized spacial score (nSPS) is 33.9. The number of fused-ring (bicyclic) bond motifs is 5. The van der Waals surface area contributed by atoms with Crippen molar-refractivity contribution in [2.75, 3.05) is 0 Å². The van der Waals surface area contributed by atoms with Gasteiger partial charge in [-0.2, -0.15) is 0 Å². The van der Waals surface area contributed by atoms with Crippen molar-refractivity contribution in [2.45, 2.75) is 31.2 Å². The van der Waals surface area contributed by atoms with Gasteiger partial charge in [-0.05, 0) is 31.9 Å². The average Bonchev–Trinajstić information content (AvgIpc) is 2.77.